The summed E-state index contributed by atoms with van der Waals surface area (Å²) in [4.78, 5) is 28.8. The third-order valence-electron chi connectivity index (χ3n) is 6.62. The molecule has 0 radical (unpaired) electrons. The predicted molar refractivity (Wildman–Crippen MR) is 120 cm³/mol. The summed E-state index contributed by atoms with van der Waals surface area (Å²) in [5.74, 6) is 0.309. The van der Waals surface area contributed by atoms with Crippen LogP contribution in [0.15, 0.2) is 36.4 Å². The number of rotatable bonds is 6. The zero-order valence-electron chi connectivity index (χ0n) is 18.8. The van der Waals surface area contributed by atoms with Crippen molar-refractivity contribution in [3.05, 3.63) is 58.9 Å². The van der Waals surface area contributed by atoms with E-state index in [1.54, 1.807) is 6.07 Å². The summed E-state index contributed by atoms with van der Waals surface area (Å²) in [6, 6.07) is 12.0. The maximum absolute atomic E-state index is 13.5. The predicted octanol–water partition coefficient (Wildman–Crippen LogP) is 4.16. The van der Waals surface area contributed by atoms with Gasteiger partial charge in [0.2, 0.25) is 0 Å². The van der Waals surface area contributed by atoms with Gasteiger partial charge >= 0.3 is 0 Å². The fourth-order valence-corrected chi connectivity index (χ4v) is 4.93. The Morgan fingerprint density at radius 2 is 1.97 bits per heavy atom. The molecule has 166 valence electrons. The number of nitrogens with one attached hydrogen (secondary N) is 1. The number of fused-ring (bicyclic) bond motifs is 1. The van der Waals surface area contributed by atoms with Crippen LogP contribution in [0.1, 0.15) is 78.2 Å². The van der Waals surface area contributed by atoms with Gasteiger partial charge in [0.25, 0.3) is 11.8 Å². The molecule has 1 unspecified atom stereocenters. The van der Waals surface area contributed by atoms with Crippen molar-refractivity contribution in [2.75, 3.05) is 13.2 Å². The van der Waals surface area contributed by atoms with Crippen molar-refractivity contribution >= 4 is 11.8 Å². The number of aromatic nitrogens is 1. The van der Waals surface area contributed by atoms with Gasteiger partial charge in [0.15, 0.2) is 0 Å². The zero-order chi connectivity index (χ0) is 22.0. The van der Waals surface area contributed by atoms with Gasteiger partial charge in [-0.3, -0.25) is 9.59 Å². The molecule has 4 rings (SSSR count). The van der Waals surface area contributed by atoms with E-state index in [2.05, 4.69) is 26.1 Å². The number of ether oxygens (including phenoxy) is 1. The molecule has 1 aromatic heterocycles. The second-order valence-electron chi connectivity index (χ2n) is 8.89. The number of amides is 2. The number of benzene rings is 1. The first-order chi connectivity index (χ1) is 15.0. The van der Waals surface area contributed by atoms with Crippen LogP contribution in [0.25, 0.3) is 0 Å². The third-order valence-corrected chi connectivity index (χ3v) is 6.62. The highest BCUT2D eigenvalue weighted by Crippen LogP contribution is 2.29. The normalized spacial score (nSPS) is 19.4. The fraction of sp³-hybridized carbons (Fsp3) is 0.520. The van der Waals surface area contributed by atoms with Gasteiger partial charge in [-0.1, -0.05) is 51.1 Å². The topological polar surface area (TPSA) is 63.6 Å². The van der Waals surface area contributed by atoms with Crippen LogP contribution in [-0.4, -0.2) is 40.5 Å². The minimum absolute atomic E-state index is 0.0356. The molecular weight excluding hydrogens is 390 g/mol. The molecule has 1 N–H and O–H groups in total. The molecule has 3 heterocycles. The van der Waals surface area contributed by atoms with Gasteiger partial charge in [-0.15, -0.1) is 0 Å². The highest BCUT2D eigenvalue weighted by atomic mass is 16.5. The van der Waals surface area contributed by atoms with E-state index >= 15 is 0 Å². The first-order valence-electron chi connectivity index (χ1n) is 11.5. The summed E-state index contributed by atoms with van der Waals surface area (Å²) in [6.07, 6.45) is 2.87. The number of nitrogens with zero attached hydrogens (tertiary/aromatic N) is 2. The van der Waals surface area contributed by atoms with Gasteiger partial charge in [-0.25, -0.2) is 0 Å². The number of carbonyl (C=O) groups excluding carboxylic acids is 2. The minimum atomic E-state index is -0.147. The molecular formula is C25H33N3O3. The summed E-state index contributed by atoms with van der Waals surface area (Å²) < 4.78 is 7.65. The lowest BCUT2D eigenvalue weighted by Crippen LogP contribution is -2.39. The molecule has 6 heteroatoms. The first kappa shape index (κ1) is 21.6. The molecule has 6 nitrogen and oxygen atoms in total. The summed E-state index contributed by atoms with van der Waals surface area (Å²) in [6.45, 7) is 8.69. The van der Waals surface area contributed by atoms with Crippen LogP contribution in [0.2, 0.25) is 0 Å². The smallest absolute Gasteiger partial charge is 0.270 e. The monoisotopic (exact) mass is 423 g/mol. The Balaban J connectivity index is 1.62. The Bertz CT molecular complexity index is 935. The van der Waals surface area contributed by atoms with Crippen LogP contribution >= 0.6 is 0 Å². The Morgan fingerprint density at radius 1 is 1.19 bits per heavy atom. The molecule has 2 aliphatic heterocycles. The highest BCUT2D eigenvalue weighted by molar-refractivity contribution is 6.01. The molecule has 1 saturated heterocycles. The highest BCUT2D eigenvalue weighted by Gasteiger charge is 2.35. The lowest BCUT2D eigenvalue weighted by Gasteiger charge is -2.28. The van der Waals surface area contributed by atoms with Gasteiger partial charge in [0, 0.05) is 19.1 Å². The van der Waals surface area contributed by atoms with Crippen molar-refractivity contribution in [2.24, 2.45) is 5.92 Å². The van der Waals surface area contributed by atoms with Gasteiger partial charge in [0.05, 0.1) is 30.5 Å². The van der Waals surface area contributed by atoms with Crippen molar-refractivity contribution < 1.29 is 14.3 Å². The lowest BCUT2D eigenvalue weighted by atomic mass is 10.0. The van der Waals surface area contributed by atoms with Crippen LogP contribution in [0.4, 0.5) is 0 Å². The molecule has 2 atom stereocenters. The summed E-state index contributed by atoms with van der Waals surface area (Å²) >= 11 is 0. The van der Waals surface area contributed by atoms with Gasteiger partial charge < -0.3 is 19.5 Å². The lowest BCUT2D eigenvalue weighted by molar-refractivity contribution is 0.0648. The summed E-state index contributed by atoms with van der Waals surface area (Å²) in [5, 5.41) is 3.17. The molecule has 0 aliphatic carbocycles. The van der Waals surface area contributed by atoms with Gasteiger partial charge in [-0.05, 0) is 36.8 Å². The van der Waals surface area contributed by atoms with Crippen LogP contribution in [0.3, 0.4) is 0 Å². The van der Waals surface area contributed by atoms with Crippen LogP contribution < -0.4 is 5.32 Å². The van der Waals surface area contributed by atoms with E-state index in [0.717, 1.165) is 37.1 Å². The molecule has 0 saturated carbocycles. The quantitative estimate of drug-likeness (QED) is 0.759. The average Bonchev–Trinajstić information content (AvgIpc) is 3.43. The molecule has 31 heavy (non-hydrogen) atoms. The second kappa shape index (κ2) is 9.27. The number of hydrogen-bond acceptors (Lipinski definition) is 3. The van der Waals surface area contributed by atoms with Crippen molar-refractivity contribution in [1.82, 2.24) is 14.8 Å². The molecule has 2 aromatic rings. The van der Waals surface area contributed by atoms with Crippen LogP contribution in [0, 0.1) is 5.92 Å². The van der Waals surface area contributed by atoms with Crippen molar-refractivity contribution in [1.29, 1.82) is 0 Å². The first-order valence-corrected chi connectivity index (χ1v) is 11.5. The summed E-state index contributed by atoms with van der Waals surface area (Å²) in [7, 11) is 0. The van der Waals surface area contributed by atoms with Crippen LogP contribution in [0.5, 0.6) is 0 Å². The van der Waals surface area contributed by atoms with Gasteiger partial charge in [-0.2, -0.15) is 0 Å². The number of likely N-dealkylation sites (tertiary alicyclic amines) is 1. The standard InChI is InChI=1S/C25H33N3O3/c1-4-20(18-9-6-5-7-10-18)26-24(29)19-15-22(27-13-14-31-16-23(19)27)25(30)28-12-8-11-21(28)17(2)3/h5-7,9-10,15,17,20-21H,4,8,11-14,16H2,1-3H3,(H,26,29)/t20-,21?/m1/s1. The van der Waals surface area contributed by atoms with Gasteiger partial charge in [0.1, 0.15) is 5.69 Å². The molecule has 0 spiro atoms. The Labute approximate surface area is 184 Å². The maximum atomic E-state index is 13.5. The Kier molecular flexibility index (Phi) is 6.46. The largest absolute Gasteiger partial charge is 0.373 e. The molecule has 2 aliphatic rings. The van der Waals surface area contributed by atoms with E-state index in [-0.39, 0.29) is 23.9 Å². The zero-order valence-corrected chi connectivity index (χ0v) is 18.8. The van der Waals surface area contributed by atoms with Crippen molar-refractivity contribution in [3.8, 4) is 0 Å². The average molecular weight is 424 g/mol. The molecule has 0 bridgehead atoms. The van der Waals surface area contributed by atoms with E-state index < -0.39 is 0 Å². The maximum Gasteiger partial charge on any atom is 0.270 e. The fourth-order valence-electron chi connectivity index (χ4n) is 4.93. The van der Waals surface area contributed by atoms with Crippen molar-refractivity contribution in [2.45, 2.75) is 65.3 Å². The Hall–Kier alpha value is -2.60. The molecule has 1 aromatic carbocycles. The number of hydrogen-bond donors (Lipinski definition) is 1. The SMILES string of the molecule is CC[C@@H](NC(=O)c1cc(C(=O)N2CCCC2C(C)C)n2c1COCC2)c1ccccc1. The second-order valence-corrected chi connectivity index (χ2v) is 8.89. The third kappa shape index (κ3) is 4.26. The Morgan fingerprint density at radius 3 is 2.68 bits per heavy atom. The van der Waals surface area contributed by atoms with E-state index in [9.17, 15) is 9.59 Å². The summed E-state index contributed by atoms with van der Waals surface area (Å²) in [5.41, 5.74) is 3.05. The van der Waals surface area contributed by atoms with Crippen LogP contribution in [-0.2, 0) is 17.9 Å². The van der Waals surface area contributed by atoms with Crippen molar-refractivity contribution in [3.63, 3.8) is 0 Å². The molecule has 2 amide bonds. The van der Waals surface area contributed by atoms with E-state index in [4.69, 9.17) is 4.74 Å². The molecule has 1 fully saturated rings. The van der Waals surface area contributed by atoms with E-state index in [1.165, 1.54) is 0 Å². The van der Waals surface area contributed by atoms with E-state index in [0.29, 0.717) is 36.9 Å². The van der Waals surface area contributed by atoms with E-state index in [1.807, 2.05) is 39.8 Å². The number of carbonyl (C=O) groups is 2. The minimum Gasteiger partial charge on any atom is -0.373 e.